The van der Waals surface area contributed by atoms with E-state index in [0.29, 0.717) is 11.1 Å². The van der Waals surface area contributed by atoms with Gasteiger partial charge < -0.3 is 15.2 Å². The average Bonchev–Trinajstić information content (AvgIpc) is 3.39. The van der Waals surface area contributed by atoms with Crippen LogP contribution in [0, 0.1) is 6.92 Å². The number of esters is 1. The second-order valence-corrected chi connectivity index (χ2v) is 5.98. The quantitative estimate of drug-likeness (QED) is 0.829. The normalized spacial score (nSPS) is 14.7. The first-order valence-electron chi connectivity index (χ1n) is 7.90. The van der Waals surface area contributed by atoms with E-state index in [1.165, 1.54) is 6.07 Å². The molecule has 0 aromatic heterocycles. The minimum atomic E-state index is -1.01. The van der Waals surface area contributed by atoms with E-state index in [4.69, 9.17) is 4.74 Å². The number of carbonyl (C=O) groups excluding carboxylic acids is 2. The number of hydrogen-bond acceptors (Lipinski definition) is 4. The van der Waals surface area contributed by atoms with Crippen LogP contribution in [0.2, 0.25) is 0 Å². The molecule has 1 aliphatic carbocycles. The summed E-state index contributed by atoms with van der Waals surface area (Å²) in [5.41, 5.74) is 1.48. The van der Waals surface area contributed by atoms with Crippen LogP contribution in [-0.4, -0.2) is 23.0 Å². The number of ether oxygens (including phenoxy) is 1. The number of aryl methyl sites for hydroxylation is 1. The summed E-state index contributed by atoms with van der Waals surface area (Å²) in [6, 6.07) is 13.6. The lowest BCUT2D eigenvalue weighted by Crippen LogP contribution is -2.33. The third-order valence-corrected chi connectivity index (χ3v) is 3.93. The number of phenolic OH excluding ortho intramolecular Hbond substituents is 1. The van der Waals surface area contributed by atoms with E-state index in [1.807, 2.05) is 6.07 Å². The summed E-state index contributed by atoms with van der Waals surface area (Å²) < 4.78 is 5.45. The molecule has 0 saturated heterocycles. The van der Waals surface area contributed by atoms with Gasteiger partial charge >= 0.3 is 5.97 Å². The van der Waals surface area contributed by atoms with E-state index < -0.39 is 12.1 Å². The van der Waals surface area contributed by atoms with Crippen molar-refractivity contribution in [3.05, 3.63) is 65.2 Å². The van der Waals surface area contributed by atoms with Gasteiger partial charge in [-0.1, -0.05) is 36.4 Å². The van der Waals surface area contributed by atoms with Crippen molar-refractivity contribution >= 4 is 11.9 Å². The van der Waals surface area contributed by atoms with Crippen molar-refractivity contribution in [3.8, 4) is 5.75 Å². The Morgan fingerprint density at radius 2 is 1.88 bits per heavy atom. The minimum Gasteiger partial charge on any atom is -0.508 e. The number of benzene rings is 2. The molecule has 124 valence electrons. The zero-order valence-electron chi connectivity index (χ0n) is 13.4. The van der Waals surface area contributed by atoms with Crippen LogP contribution in [0.25, 0.3) is 0 Å². The first-order valence-corrected chi connectivity index (χ1v) is 7.90. The lowest BCUT2D eigenvalue weighted by molar-refractivity contribution is -0.130. The molecule has 1 amide bonds. The van der Waals surface area contributed by atoms with E-state index in [1.54, 1.807) is 43.3 Å². The van der Waals surface area contributed by atoms with Crippen molar-refractivity contribution in [2.24, 2.45) is 0 Å². The fraction of sp³-hybridized carbons (Fsp3) is 0.263. The zero-order chi connectivity index (χ0) is 17.1. The van der Waals surface area contributed by atoms with E-state index in [-0.39, 0.29) is 23.3 Å². The Bertz CT molecular complexity index is 753. The van der Waals surface area contributed by atoms with Crippen LogP contribution in [0.3, 0.4) is 0 Å². The molecule has 1 aliphatic rings. The summed E-state index contributed by atoms with van der Waals surface area (Å²) in [5.74, 6) is -0.957. The summed E-state index contributed by atoms with van der Waals surface area (Å²) in [6.45, 7) is 1.74. The molecule has 5 nitrogen and oxygen atoms in total. The highest BCUT2D eigenvalue weighted by atomic mass is 16.5. The Hall–Kier alpha value is -2.82. The maximum atomic E-state index is 12.4. The Morgan fingerprint density at radius 1 is 1.17 bits per heavy atom. The molecule has 2 N–H and O–H groups in total. The van der Waals surface area contributed by atoms with Crippen LogP contribution in [0.15, 0.2) is 48.5 Å². The summed E-state index contributed by atoms with van der Waals surface area (Å²) in [7, 11) is 0. The van der Waals surface area contributed by atoms with Crippen molar-refractivity contribution < 1.29 is 19.4 Å². The van der Waals surface area contributed by atoms with E-state index in [0.717, 1.165) is 12.8 Å². The topological polar surface area (TPSA) is 75.6 Å². The lowest BCUT2D eigenvalue weighted by Gasteiger charge is -2.18. The molecule has 0 spiro atoms. The molecule has 2 aromatic carbocycles. The fourth-order valence-corrected chi connectivity index (χ4v) is 2.32. The molecule has 0 unspecified atom stereocenters. The molecular formula is C19H19NO4. The molecule has 24 heavy (non-hydrogen) atoms. The molecule has 0 heterocycles. The largest absolute Gasteiger partial charge is 0.508 e. The van der Waals surface area contributed by atoms with Gasteiger partial charge in [0.2, 0.25) is 6.10 Å². The third kappa shape index (κ3) is 3.74. The molecule has 0 radical (unpaired) electrons. The second-order valence-electron chi connectivity index (χ2n) is 5.98. The van der Waals surface area contributed by atoms with Gasteiger partial charge in [-0.05, 0) is 37.5 Å². The minimum absolute atomic E-state index is 0.0168. The lowest BCUT2D eigenvalue weighted by atomic mass is 10.1. The molecular weight excluding hydrogens is 306 g/mol. The summed E-state index contributed by atoms with van der Waals surface area (Å²) in [4.78, 5) is 24.8. The van der Waals surface area contributed by atoms with Crippen LogP contribution >= 0.6 is 0 Å². The maximum absolute atomic E-state index is 12.4. The van der Waals surface area contributed by atoms with Gasteiger partial charge in [0.25, 0.3) is 5.91 Å². The van der Waals surface area contributed by atoms with Gasteiger partial charge in [-0.15, -0.1) is 0 Å². The molecule has 1 fully saturated rings. The van der Waals surface area contributed by atoms with Crippen LogP contribution in [-0.2, 0) is 9.53 Å². The van der Waals surface area contributed by atoms with Gasteiger partial charge in [0.1, 0.15) is 5.75 Å². The number of carbonyl (C=O) groups is 2. The Kier molecular flexibility index (Phi) is 4.51. The molecule has 3 rings (SSSR count). The van der Waals surface area contributed by atoms with Crippen LogP contribution in [0.4, 0.5) is 0 Å². The monoisotopic (exact) mass is 325 g/mol. The SMILES string of the molecule is Cc1ccc(C(=O)O[C@@H](C(=O)NC2CC2)c2ccccc2)cc1O. The van der Waals surface area contributed by atoms with Crippen molar-refractivity contribution in [2.45, 2.75) is 31.9 Å². The maximum Gasteiger partial charge on any atom is 0.339 e. The highest BCUT2D eigenvalue weighted by molar-refractivity contribution is 5.93. The number of aromatic hydroxyl groups is 1. The van der Waals surface area contributed by atoms with Crippen molar-refractivity contribution in [3.63, 3.8) is 0 Å². The Morgan fingerprint density at radius 3 is 2.50 bits per heavy atom. The smallest absolute Gasteiger partial charge is 0.339 e. The molecule has 0 bridgehead atoms. The summed E-state index contributed by atoms with van der Waals surface area (Å²) in [6.07, 6.45) is 0.891. The predicted molar refractivity (Wildman–Crippen MR) is 88.6 cm³/mol. The van der Waals surface area contributed by atoms with Gasteiger partial charge in [0.05, 0.1) is 5.56 Å². The fourth-order valence-electron chi connectivity index (χ4n) is 2.32. The van der Waals surface area contributed by atoms with Gasteiger partial charge in [-0.3, -0.25) is 4.79 Å². The summed E-state index contributed by atoms with van der Waals surface area (Å²) >= 11 is 0. The number of rotatable bonds is 5. The first kappa shape index (κ1) is 16.1. The number of phenols is 1. The highest BCUT2D eigenvalue weighted by Crippen LogP contribution is 2.25. The highest BCUT2D eigenvalue weighted by Gasteiger charge is 2.31. The van der Waals surface area contributed by atoms with E-state index in [2.05, 4.69) is 5.32 Å². The van der Waals surface area contributed by atoms with E-state index >= 15 is 0 Å². The molecule has 1 saturated carbocycles. The van der Waals surface area contributed by atoms with Crippen LogP contribution < -0.4 is 5.32 Å². The second kappa shape index (κ2) is 6.74. The van der Waals surface area contributed by atoms with Gasteiger partial charge in [-0.2, -0.15) is 0 Å². The van der Waals surface area contributed by atoms with Crippen molar-refractivity contribution in [1.82, 2.24) is 5.32 Å². The number of amides is 1. The van der Waals surface area contributed by atoms with E-state index in [9.17, 15) is 14.7 Å². The molecule has 0 aliphatic heterocycles. The number of hydrogen-bond donors (Lipinski definition) is 2. The number of nitrogens with one attached hydrogen (secondary N) is 1. The predicted octanol–water partition coefficient (Wildman–Crippen LogP) is 2.88. The van der Waals surface area contributed by atoms with Crippen molar-refractivity contribution in [2.75, 3.05) is 0 Å². The van der Waals surface area contributed by atoms with Gasteiger partial charge in [0.15, 0.2) is 0 Å². The van der Waals surface area contributed by atoms with Crippen molar-refractivity contribution in [1.29, 1.82) is 0 Å². The van der Waals surface area contributed by atoms with Gasteiger partial charge in [0, 0.05) is 11.6 Å². The Labute approximate surface area is 140 Å². The van der Waals surface area contributed by atoms with Crippen LogP contribution in [0.1, 0.15) is 40.4 Å². The first-order chi connectivity index (χ1) is 11.5. The van der Waals surface area contributed by atoms with Gasteiger partial charge in [-0.25, -0.2) is 4.79 Å². The summed E-state index contributed by atoms with van der Waals surface area (Å²) in [5, 5.41) is 12.6. The average molecular weight is 325 g/mol. The molecule has 5 heteroatoms. The standard InChI is InChI=1S/C19H19NO4/c1-12-7-8-14(11-16(12)21)19(23)24-17(13-5-3-2-4-6-13)18(22)20-15-9-10-15/h2-8,11,15,17,21H,9-10H2,1H3,(H,20,22)/t17-/m1/s1. The molecule has 2 aromatic rings. The third-order valence-electron chi connectivity index (χ3n) is 3.93. The Balaban J connectivity index is 1.81. The van der Waals surface area contributed by atoms with Crippen LogP contribution in [0.5, 0.6) is 5.75 Å². The molecule has 1 atom stereocenters. The zero-order valence-corrected chi connectivity index (χ0v) is 13.4.